The number of nitrogens with one attached hydrogen (secondary N) is 1. The SMILES string of the molecule is CC(C)(C)OC(=O)N1C[C@@H](CCC(Nc2cccc(S(=O)(=O)O)n2)C2CCN(C(=O)OCc3ccccc3)CC2)CC1(C)C. The molecular formula is C32H46N4O7S. The third kappa shape index (κ3) is 9.31. The van der Waals surface area contributed by atoms with E-state index in [0.717, 1.165) is 37.7 Å². The molecule has 2 amide bonds. The molecule has 3 heterocycles. The lowest BCUT2D eigenvalue weighted by Crippen LogP contribution is -2.45. The molecule has 1 aromatic carbocycles. The Kier molecular flexibility index (Phi) is 10.5. The van der Waals surface area contributed by atoms with E-state index in [9.17, 15) is 22.6 Å². The van der Waals surface area contributed by atoms with Gasteiger partial charge in [0.1, 0.15) is 18.0 Å². The van der Waals surface area contributed by atoms with Gasteiger partial charge in [-0.05, 0) is 96.3 Å². The fraction of sp³-hybridized carbons (Fsp3) is 0.594. The van der Waals surface area contributed by atoms with Gasteiger partial charge in [0.05, 0.1) is 0 Å². The van der Waals surface area contributed by atoms with Crippen molar-refractivity contribution in [3.63, 3.8) is 0 Å². The zero-order valence-electron chi connectivity index (χ0n) is 26.4. The summed E-state index contributed by atoms with van der Waals surface area (Å²) in [5, 5.41) is 3.02. The molecule has 0 spiro atoms. The highest BCUT2D eigenvalue weighted by Crippen LogP contribution is 2.37. The van der Waals surface area contributed by atoms with Gasteiger partial charge in [0.2, 0.25) is 0 Å². The van der Waals surface area contributed by atoms with Crippen molar-refractivity contribution in [2.24, 2.45) is 11.8 Å². The second-order valence-electron chi connectivity index (χ2n) is 13.5. The number of rotatable bonds is 9. The van der Waals surface area contributed by atoms with Crippen molar-refractivity contribution in [3.05, 3.63) is 54.1 Å². The summed E-state index contributed by atoms with van der Waals surface area (Å²) in [6.45, 7) is 11.6. The highest BCUT2D eigenvalue weighted by molar-refractivity contribution is 7.85. The maximum atomic E-state index is 12.9. The monoisotopic (exact) mass is 630 g/mol. The molecule has 12 heteroatoms. The molecule has 0 radical (unpaired) electrons. The van der Waals surface area contributed by atoms with Crippen LogP contribution < -0.4 is 5.32 Å². The van der Waals surface area contributed by atoms with E-state index < -0.39 is 20.7 Å². The molecule has 2 aliphatic heterocycles. The number of amides is 2. The van der Waals surface area contributed by atoms with E-state index in [0.29, 0.717) is 25.5 Å². The van der Waals surface area contributed by atoms with Crippen LogP contribution in [0.3, 0.4) is 0 Å². The number of nitrogens with zero attached hydrogens (tertiary/aromatic N) is 3. The summed E-state index contributed by atoms with van der Waals surface area (Å²) < 4.78 is 44.2. The number of pyridine rings is 1. The third-order valence-corrected chi connectivity index (χ3v) is 9.11. The molecule has 11 nitrogen and oxygen atoms in total. The van der Waals surface area contributed by atoms with Gasteiger partial charge in [-0.3, -0.25) is 4.55 Å². The Labute approximate surface area is 261 Å². The van der Waals surface area contributed by atoms with Crippen LogP contribution in [0.1, 0.15) is 72.3 Å². The summed E-state index contributed by atoms with van der Waals surface area (Å²) in [5.41, 5.74) is 0.0133. The Morgan fingerprint density at radius 2 is 1.75 bits per heavy atom. The summed E-state index contributed by atoms with van der Waals surface area (Å²) in [6, 6.07) is 14.0. The van der Waals surface area contributed by atoms with Gasteiger partial charge in [-0.25, -0.2) is 14.6 Å². The number of aromatic nitrogens is 1. The molecule has 1 aromatic heterocycles. The van der Waals surface area contributed by atoms with Gasteiger partial charge in [0.15, 0.2) is 5.03 Å². The summed E-state index contributed by atoms with van der Waals surface area (Å²) in [5.74, 6) is 0.796. The van der Waals surface area contributed by atoms with Crippen molar-refractivity contribution in [2.75, 3.05) is 25.0 Å². The van der Waals surface area contributed by atoms with Crippen LogP contribution in [-0.4, -0.2) is 76.8 Å². The van der Waals surface area contributed by atoms with E-state index in [1.807, 2.05) is 56.0 Å². The Morgan fingerprint density at radius 1 is 1.07 bits per heavy atom. The highest BCUT2D eigenvalue weighted by atomic mass is 32.2. The molecule has 2 N–H and O–H groups in total. The van der Waals surface area contributed by atoms with E-state index >= 15 is 0 Å². The first-order valence-electron chi connectivity index (χ1n) is 15.3. The second kappa shape index (κ2) is 13.7. The zero-order valence-corrected chi connectivity index (χ0v) is 27.2. The average Bonchev–Trinajstić information content (AvgIpc) is 3.27. The van der Waals surface area contributed by atoms with Gasteiger partial charge in [0, 0.05) is 31.2 Å². The Bertz CT molecular complexity index is 1390. The maximum absolute atomic E-state index is 12.9. The normalized spacial score (nSPS) is 19.8. The standard InChI is InChI=1S/C32H46N4O7S/c1-31(2,3)43-30(38)36-21-24(20-32(36,4)5)14-15-26(33-27-12-9-13-28(34-27)44(39,40)41)25-16-18-35(19-17-25)29(37)42-22-23-10-7-6-8-11-23/h6-13,24-26H,14-22H2,1-5H3,(H,33,34)(H,39,40,41)/t24-,26?/m0/s1. The van der Waals surface area contributed by atoms with Gasteiger partial charge < -0.3 is 24.6 Å². The quantitative estimate of drug-likeness (QED) is 0.321. The number of hydrogen-bond acceptors (Lipinski definition) is 8. The number of hydrogen-bond donors (Lipinski definition) is 2. The van der Waals surface area contributed by atoms with Crippen molar-refractivity contribution in [1.29, 1.82) is 0 Å². The van der Waals surface area contributed by atoms with Crippen LogP contribution >= 0.6 is 0 Å². The van der Waals surface area contributed by atoms with Gasteiger partial charge in [-0.15, -0.1) is 0 Å². The summed E-state index contributed by atoms with van der Waals surface area (Å²) in [4.78, 5) is 33.4. The molecule has 4 rings (SSSR count). The van der Waals surface area contributed by atoms with Gasteiger partial charge >= 0.3 is 22.3 Å². The van der Waals surface area contributed by atoms with Gasteiger partial charge in [0.25, 0.3) is 0 Å². The first-order valence-corrected chi connectivity index (χ1v) is 16.7. The molecule has 0 bridgehead atoms. The van der Waals surface area contributed by atoms with Crippen molar-refractivity contribution in [3.8, 4) is 0 Å². The Morgan fingerprint density at radius 3 is 2.39 bits per heavy atom. The molecule has 0 saturated carbocycles. The molecule has 2 aliphatic rings. The number of piperidine rings is 1. The number of carbonyl (C=O) groups is 2. The molecule has 0 aliphatic carbocycles. The third-order valence-electron chi connectivity index (χ3n) is 8.35. The minimum atomic E-state index is -4.45. The lowest BCUT2D eigenvalue weighted by atomic mass is 9.84. The van der Waals surface area contributed by atoms with Gasteiger partial charge in [-0.2, -0.15) is 8.42 Å². The lowest BCUT2D eigenvalue weighted by Gasteiger charge is -2.36. The van der Waals surface area contributed by atoms with Crippen LogP contribution in [-0.2, 0) is 26.2 Å². The van der Waals surface area contributed by atoms with Crippen molar-refractivity contribution in [1.82, 2.24) is 14.8 Å². The van der Waals surface area contributed by atoms with Crippen molar-refractivity contribution in [2.45, 2.75) is 95.5 Å². The lowest BCUT2D eigenvalue weighted by molar-refractivity contribution is 0.0130. The minimum absolute atomic E-state index is 0.0691. The number of carbonyl (C=O) groups excluding carboxylic acids is 2. The molecule has 2 aromatic rings. The van der Waals surface area contributed by atoms with E-state index in [1.54, 1.807) is 17.0 Å². The van der Waals surface area contributed by atoms with E-state index in [4.69, 9.17) is 9.47 Å². The maximum Gasteiger partial charge on any atom is 0.410 e. The predicted molar refractivity (Wildman–Crippen MR) is 167 cm³/mol. The predicted octanol–water partition coefficient (Wildman–Crippen LogP) is 5.97. The van der Waals surface area contributed by atoms with E-state index in [-0.39, 0.29) is 42.2 Å². The van der Waals surface area contributed by atoms with Crippen LogP contribution in [0.5, 0.6) is 0 Å². The fourth-order valence-electron chi connectivity index (χ4n) is 6.18. The zero-order chi connectivity index (χ0) is 32.1. The summed E-state index contributed by atoms with van der Waals surface area (Å²) in [7, 11) is -4.45. The molecule has 2 atom stereocenters. The molecular weight excluding hydrogens is 584 g/mol. The van der Waals surface area contributed by atoms with Crippen LogP contribution in [0.25, 0.3) is 0 Å². The molecule has 44 heavy (non-hydrogen) atoms. The first kappa shape index (κ1) is 33.5. The smallest absolute Gasteiger partial charge is 0.410 e. The first-order chi connectivity index (χ1) is 20.6. The Balaban J connectivity index is 1.41. The number of likely N-dealkylation sites (tertiary alicyclic amines) is 2. The fourth-order valence-corrected chi connectivity index (χ4v) is 6.65. The largest absolute Gasteiger partial charge is 0.445 e. The van der Waals surface area contributed by atoms with Crippen LogP contribution in [0.2, 0.25) is 0 Å². The molecule has 242 valence electrons. The van der Waals surface area contributed by atoms with Crippen LogP contribution in [0, 0.1) is 11.8 Å². The molecule has 1 unspecified atom stereocenters. The number of ether oxygens (including phenoxy) is 2. The Hall–Kier alpha value is -3.38. The topological polar surface area (TPSA) is 138 Å². The molecule has 2 saturated heterocycles. The van der Waals surface area contributed by atoms with E-state index in [2.05, 4.69) is 24.1 Å². The van der Waals surface area contributed by atoms with Gasteiger partial charge in [-0.1, -0.05) is 36.4 Å². The van der Waals surface area contributed by atoms with Crippen molar-refractivity contribution < 1.29 is 32.0 Å². The van der Waals surface area contributed by atoms with Crippen LogP contribution in [0.4, 0.5) is 15.4 Å². The minimum Gasteiger partial charge on any atom is -0.445 e. The number of anilines is 1. The summed E-state index contributed by atoms with van der Waals surface area (Å²) in [6.07, 6.45) is 3.24. The average molecular weight is 631 g/mol. The van der Waals surface area contributed by atoms with E-state index in [1.165, 1.54) is 6.07 Å². The molecule has 2 fully saturated rings. The van der Waals surface area contributed by atoms with Crippen molar-refractivity contribution >= 4 is 28.1 Å². The second-order valence-corrected chi connectivity index (χ2v) is 14.9. The summed E-state index contributed by atoms with van der Waals surface area (Å²) >= 11 is 0. The number of benzene rings is 1. The highest BCUT2D eigenvalue weighted by Gasteiger charge is 2.43. The van der Waals surface area contributed by atoms with Crippen LogP contribution in [0.15, 0.2) is 53.6 Å².